The molecule has 190 valence electrons. The van der Waals surface area contributed by atoms with E-state index in [1.165, 1.54) is 0 Å². The van der Waals surface area contributed by atoms with Gasteiger partial charge in [0.1, 0.15) is 5.52 Å². The summed E-state index contributed by atoms with van der Waals surface area (Å²) in [6.07, 6.45) is 2.18. The van der Waals surface area contributed by atoms with Crippen LogP contribution in [0.25, 0.3) is 11.1 Å². The van der Waals surface area contributed by atoms with Crippen molar-refractivity contribution in [3.63, 3.8) is 0 Å². The molecule has 1 aliphatic heterocycles. The summed E-state index contributed by atoms with van der Waals surface area (Å²) in [6, 6.07) is 22.0. The quantitative estimate of drug-likeness (QED) is 0.308. The average molecular weight is 498 g/mol. The summed E-state index contributed by atoms with van der Waals surface area (Å²) in [5.74, 6) is -0.487. The van der Waals surface area contributed by atoms with E-state index in [1.807, 2.05) is 92.5 Å². The maximum Gasteiger partial charge on any atom is 0.306 e. The Bertz CT molecular complexity index is 1430. The van der Waals surface area contributed by atoms with Crippen LogP contribution in [0.1, 0.15) is 54.7 Å². The zero-order valence-electron chi connectivity index (χ0n) is 21.4. The van der Waals surface area contributed by atoms with Crippen molar-refractivity contribution in [2.75, 3.05) is 23.9 Å². The predicted octanol–water partition coefficient (Wildman–Crippen LogP) is 6.46. The SMILES string of the molecule is Cc1ccccc1N(C)c1nc2ccc(C(C)C(=O)Nc3ccc(C4CCCOC(=O)C4)cc3)cc2o1. The number of nitrogens with zero attached hydrogens (tertiary/aromatic N) is 2. The van der Waals surface area contributed by atoms with Crippen LogP contribution in [0.15, 0.2) is 71.1 Å². The van der Waals surface area contributed by atoms with Crippen molar-refractivity contribution in [2.45, 2.75) is 44.9 Å². The first kappa shape index (κ1) is 24.6. The highest BCUT2D eigenvalue weighted by atomic mass is 16.5. The number of fused-ring (bicyclic) bond motifs is 1. The van der Waals surface area contributed by atoms with E-state index in [-0.39, 0.29) is 23.7 Å². The van der Waals surface area contributed by atoms with Crippen LogP contribution in [0.3, 0.4) is 0 Å². The minimum absolute atomic E-state index is 0.109. The molecular formula is C30H31N3O4. The van der Waals surface area contributed by atoms with Gasteiger partial charge in [-0.3, -0.25) is 14.5 Å². The van der Waals surface area contributed by atoms with Crippen molar-refractivity contribution in [3.8, 4) is 0 Å². The lowest BCUT2D eigenvalue weighted by Gasteiger charge is -2.16. The summed E-state index contributed by atoms with van der Waals surface area (Å²) in [4.78, 5) is 31.4. The number of cyclic esters (lactones) is 1. The van der Waals surface area contributed by atoms with Gasteiger partial charge in [-0.15, -0.1) is 0 Å². The molecule has 5 rings (SSSR count). The van der Waals surface area contributed by atoms with Crippen molar-refractivity contribution in [1.29, 1.82) is 0 Å². The minimum Gasteiger partial charge on any atom is -0.466 e. The molecule has 37 heavy (non-hydrogen) atoms. The Morgan fingerprint density at radius 2 is 1.89 bits per heavy atom. The maximum absolute atomic E-state index is 13.0. The second-order valence-electron chi connectivity index (χ2n) is 9.67. The van der Waals surface area contributed by atoms with Gasteiger partial charge in [-0.25, -0.2) is 0 Å². The Morgan fingerprint density at radius 3 is 2.68 bits per heavy atom. The van der Waals surface area contributed by atoms with Crippen LogP contribution in [-0.4, -0.2) is 30.5 Å². The molecule has 1 amide bonds. The van der Waals surface area contributed by atoms with Crippen LogP contribution < -0.4 is 10.2 Å². The molecule has 1 saturated heterocycles. The van der Waals surface area contributed by atoms with E-state index >= 15 is 0 Å². The van der Waals surface area contributed by atoms with Gasteiger partial charge in [-0.2, -0.15) is 4.98 Å². The van der Waals surface area contributed by atoms with E-state index in [9.17, 15) is 9.59 Å². The Kier molecular flexibility index (Phi) is 6.95. The number of carbonyl (C=O) groups excluding carboxylic acids is 2. The number of para-hydroxylation sites is 1. The van der Waals surface area contributed by atoms with Crippen LogP contribution in [0.2, 0.25) is 0 Å². The topological polar surface area (TPSA) is 84.7 Å². The van der Waals surface area contributed by atoms with Gasteiger partial charge < -0.3 is 14.5 Å². The van der Waals surface area contributed by atoms with Crippen molar-refractivity contribution >= 4 is 40.4 Å². The number of esters is 1. The molecule has 1 aromatic heterocycles. The van der Waals surface area contributed by atoms with Crippen LogP contribution in [0.5, 0.6) is 0 Å². The number of carbonyl (C=O) groups is 2. The summed E-state index contributed by atoms with van der Waals surface area (Å²) in [6.45, 7) is 4.41. The maximum atomic E-state index is 13.0. The summed E-state index contributed by atoms with van der Waals surface area (Å²) in [5.41, 5.74) is 6.19. The standard InChI is InChI=1S/C30H31N3O4/c1-19-7-4-5-9-26(19)33(3)30-32-25-15-12-22(17-27(25)37-30)20(2)29(35)31-24-13-10-21(11-14-24)23-8-6-16-36-28(34)18-23/h4-5,7,9-15,17,20,23H,6,8,16,18H2,1-3H3,(H,31,35). The molecule has 2 unspecified atom stereocenters. The molecule has 0 radical (unpaired) electrons. The normalized spacial score (nSPS) is 16.6. The highest BCUT2D eigenvalue weighted by molar-refractivity contribution is 5.96. The van der Waals surface area contributed by atoms with E-state index < -0.39 is 0 Å². The molecule has 0 spiro atoms. The second-order valence-corrected chi connectivity index (χ2v) is 9.67. The van der Waals surface area contributed by atoms with Gasteiger partial charge in [0.05, 0.1) is 18.9 Å². The third kappa shape index (κ3) is 5.35. The number of aromatic nitrogens is 1. The first-order chi connectivity index (χ1) is 17.9. The Morgan fingerprint density at radius 1 is 1.11 bits per heavy atom. The number of ether oxygens (including phenoxy) is 1. The van der Waals surface area contributed by atoms with Gasteiger partial charge in [-0.1, -0.05) is 36.4 Å². The summed E-state index contributed by atoms with van der Waals surface area (Å²) >= 11 is 0. The largest absolute Gasteiger partial charge is 0.466 e. The Labute approximate surface area is 216 Å². The molecule has 1 N–H and O–H groups in total. The van der Waals surface area contributed by atoms with Crippen molar-refractivity contribution in [1.82, 2.24) is 4.98 Å². The molecule has 4 aromatic rings. The highest BCUT2D eigenvalue weighted by Gasteiger charge is 2.22. The van der Waals surface area contributed by atoms with E-state index in [2.05, 4.69) is 10.3 Å². The van der Waals surface area contributed by atoms with E-state index in [4.69, 9.17) is 9.15 Å². The third-order valence-corrected chi connectivity index (χ3v) is 7.08. The zero-order chi connectivity index (χ0) is 25.9. The van der Waals surface area contributed by atoms with Crippen LogP contribution >= 0.6 is 0 Å². The number of amides is 1. The Balaban J connectivity index is 1.27. The lowest BCUT2D eigenvalue weighted by atomic mass is 9.92. The van der Waals surface area contributed by atoms with Crippen molar-refractivity contribution in [2.24, 2.45) is 0 Å². The lowest BCUT2D eigenvalue weighted by molar-refractivity contribution is -0.142. The van der Waals surface area contributed by atoms with E-state index in [0.29, 0.717) is 24.6 Å². The van der Waals surface area contributed by atoms with Crippen molar-refractivity contribution < 1.29 is 18.7 Å². The summed E-state index contributed by atoms with van der Waals surface area (Å²) < 4.78 is 11.2. The number of rotatable bonds is 6. The molecule has 0 bridgehead atoms. The zero-order valence-corrected chi connectivity index (χ0v) is 21.4. The summed E-state index contributed by atoms with van der Waals surface area (Å²) in [7, 11) is 1.93. The molecular weight excluding hydrogens is 466 g/mol. The van der Waals surface area contributed by atoms with Gasteiger partial charge in [0.25, 0.3) is 0 Å². The first-order valence-corrected chi connectivity index (χ1v) is 12.7. The fourth-order valence-electron chi connectivity index (χ4n) is 4.79. The fourth-order valence-corrected chi connectivity index (χ4v) is 4.79. The second kappa shape index (κ2) is 10.5. The molecule has 2 atom stereocenters. The van der Waals surface area contributed by atoms with Crippen LogP contribution in [0, 0.1) is 6.92 Å². The van der Waals surface area contributed by atoms with Crippen LogP contribution in [0.4, 0.5) is 17.4 Å². The highest BCUT2D eigenvalue weighted by Crippen LogP contribution is 2.31. The number of oxazole rings is 1. The molecule has 7 nitrogen and oxygen atoms in total. The molecule has 2 heterocycles. The average Bonchev–Trinajstić information content (AvgIpc) is 3.21. The van der Waals surface area contributed by atoms with Gasteiger partial charge in [-0.05, 0) is 79.6 Å². The van der Waals surface area contributed by atoms with E-state index in [0.717, 1.165) is 46.4 Å². The van der Waals surface area contributed by atoms with Gasteiger partial charge in [0, 0.05) is 18.4 Å². The number of aryl methyl sites for hydroxylation is 1. The summed E-state index contributed by atoms with van der Waals surface area (Å²) in [5, 5.41) is 3.01. The fraction of sp³-hybridized carbons (Fsp3) is 0.300. The van der Waals surface area contributed by atoms with Crippen LogP contribution in [-0.2, 0) is 14.3 Å². The molecule has 0 saturated carbocycles. The number of anilines is 3. The molecule has 1 fully saturated rings. The number of hydrogen-bond donors (Lipinski definition) is 1. The number of benzene rings is 3. The van der Waals surface area contributed by atoms with E-state index in [1.54, 1.807) is 0 Å². The van der Waals surface area contributed by atoms with Gasteiger partial charge in [0.15, 0.2) is 5.58 Å². The molecule has 0 aliphatic carbocycles. The molecule has 3 aromatic carbocycles. The smallest absolute Gasteiger partial charge is 0.306 e. The predicted molar refractivity (Wildman–Crippen MR) is 144 cm³/mol. The lowest BCUT2D eigenvalue weighted by Crippen LogP contribution is -2.18. The third-order valence-electron chi connectivity index (χ3n) is 7.08. The minimum atomic E-state index is -0.386. The monoisotopic (exact) mass is 497 g/mol. The van der Waals surface area contributed by atoms with Gasteiger partial charge >= 0.3 is 12.0 Å². The van der Waals surface area contributed by atoms with Gasteiger partial charge in [0.2, 0.25) is 5.91 Å². The number of hydrogen-bond acceptors (Lipinski definition) is 6. The first-order valence-electron chi connectivity index (χ1n) is 12.7. The Hall–Kier alpha value is -4.13. The molecule has 7 heteroatoms. The molecule has 1 aliphatic rings. The number of nitrogens with one attached hydrogen (secondary N) is 1. The van der Waals surface area contributed by atoms with Crippen molar-refractivity contribution in [3.05, 3.63) is 83.4 Å².